The molecule has 1 aromatic rings. The lowest BCUT2D eigenvalue weighted by atomic mass is 10.2. The molecule has 1 aliphatic rings. The fourth-order valence-corrected chi connectivity index (χ4v) is 3.20. The van der Waals surface area contributed by atoms with Crippen molar-refractivity contribution in [2.24, 2.45) is 0 Å². The second kappa shape index (κ2) is 5.23. The van der Waals surface area contributed by atoms with Gasteiger partial charge in [-0.05, 0) is 24.9 Å². The molecular weight excluding hydrogens is 242 g/mol. The van der Waals surface area contributed by atoms with E-state index >= 15 is 0 Å². The Morgan fingerprint density at radius 3 is 3.19 bits per heavy atom. The Bertz CT molecular complexity index is 372. The first kappa shape index (κ1) is 12.0. The number of rotatable bonds is 2. The molecule has 1 aromatic heterocycles. The van der Waals surface area contributed by atoms with Gasteiger partial charge in [-0.2, -0.15) is 11.8 Å². The van der Waals surface area contributed by atoms with Gasteiger partial charge in [0.05, 0.1) is 0 Å². The Balaban J connectivity index is 2.19. The van der Waals surface area contributed by atoms with Crippen LogP contribution in [0.15, 0.2) is 6.20 Å². The predicted molar refractivity (Wildman–Crippen MR) is 70.5 cm³/mol. The molecule has 0 bridgehead atoms. The van der Waals surface area contributed by atoms with Crippen LogP contribution in [0.2, 0.25) is 5.28 Å². The molecule has 1 fully saturated rings. The molecule has 1 unspecified atom stereocenters. The first-order chi connectivity index (χ1) is 7.70. The fraction of sp³-hybridized carbons (Fsp3) is 0.636. The summed E-state index contributed by atoms with van der Waals surface area (Å²) in [6.45, 7) is 6.39. The maximum Gasteiger partial charge on any atom is 0.224 e. The van der Waals surface area contributed by atoms with Crippen molar-refractivity contribution in [2.45, 2.75) is 25.5 Å². The van der Waals surface area contributed by atoms with Crippen LogP contribution in [-0.2, 0) is 0 Å². The van der Waals surface area contributed by atoms with Crippen molar-refractivity contribution in [2.75, 3.05) is 23.7 Å². The van der Waals surface area contributed by atoms with E-state index in [2.05, 4.69) is 33.6 Å². The maximum atomic E-state index is 5.85. The summed E-state index contributed by atoms with van der Waals surface area (Å²) >= 11 is 7.91. The van der Waals surface area contributed by atoms with Crippen LogP contribution in [0.25, 0.3) is 0 Å². The second-order valence-corrected chi connectivity index (χ2v) is 5.74. The molecule has 0 N–H and O–H groups in total. The van der Waals surface area contributed by atoms with Crippen LogP contribution in [0, 0.1) is 6.92 Å². The van der Waals surface area contributed by atoms with E-state index in [-0.39, 0.29) is 0 Å². The second-order valence-electron chi connectivity index (χ2n) is 3.99. The van der Waals surface area contributed by atoms with E-state index in [1.165, 1.54) is 12.2 Å². The number of hydrogen-bond donors (Lipinski definition) is 0. The summed E-state index contributed by atoms with van der Waals surface area (Å²) in [5, 5.41) is 1.05. The van der Waals surface area contributed by atoms with Gasteiger partial charge in [-0.25, -0.2) is 9.97 Å². The third-order valence-corrected chi connectivity index (χ3v) is 4.36. The molecule has 0 amide bonds. The van der Waals surface area contributed by atoms with Gasteiger partial charge in [0.1, 0.15) is 5.82 Å². The van der Waals surface area contributed by atoms with E-state index in [4.69, 9.17) is 11.6 Å². The molecule has 1 aliphatic heterocycles. The zero-order valence-corrected chi connectivity index (χ0v) is 11.2. The molecule has 3 nitrogen and oxygen atoms in total. The normalized spacial score (nSPS) is 21.2. The monoisotopic (exact) mass is 257 g/mol. The standard InChI is InChI=1S/C11H16ClN3S/c1-3-9-7-15(4-5-16-9)10-8(2)6-13-11(12)14-10/h6,9H,3-5,7H2,1-2H3. The summed E-state index contributed by atoms with van der Waals surface area (Å²) in [5.74, 6) is 2.17. The van der Waals surface area contributed by atoms with E-state index in [0.29, 0.717) is 10.5 Å². The highest BCUT2D eigenvalue weighted by molar-refractivity contribution is 8.00. The average molecular weight is 258 g/mol. The number of halogens is 1. The van der Waals surface area contributed by atoms with E-state index in [0.717, 1.165) is 24.5 Å². The number of nitrogens with zero attached hydrogens (tertiary/aromatic N) is 3. The van der Waals surface area contributed by atoms with E-state index in [9.17, 15) is 0 Å². The molecule has 2 rings (SSSR count). The van der Waals surface area contributed by atoms with Gasteiger partial charge in [0.15, 0.2) is 0 Å². The summed E-state index contributed by atoms with van der Waals surface area (Å²) in [4.78, 5) is 10.7. The van der Waals surface area contributed by atoms with Crippen LogP contribution in [-0.4, -0.2) is 34.1 Å². The van der Waals surface area contributed by atoms with Gasteiger partial charge in [-0.15, -0.1) is 0 Å². The number of hydrogen-bond acceptors (Lipinski definition) is 4. The largest absolute Gasteiger partial charge is 0.354 e. The van der Waals surface area contributed by atoms with Crippen molar-refractivity contribution in [3.8, 4) is 0 Å². The van der Waals surface area contributed by atoms with E-state index in [1.54, 1.807) is 6.20 Å². The van der Waals surface area contributed by atoms with Crippen LogP contribution in [0.1, 0.15) is 18.9 Å². The SMILES string of the molecule is CCC1CN(c2nc(Cl)ncc2C)CCS1. The zero-order valence-electron chi connectivity index (χ0n) is 9.61. The molecule has 1 atom stereocenters. The minimum absolute atomic E-state index is 0.340. The van der Waals surface area contributed by atoms with Crippen LogP contribution >= 0.6 is 23.4 Å². The highest BCUT2D eigenvalue weighted by Crippen LogP contribution is 2.26. The molecule has 2 heterocycles. The predicted octanol–water partition coefficient (Wildman–Crippen LogP) is 2.77. The minimum atomic E-state index is 0.340. The number of anilines is 1. The summed E-state index contributed by atoms with van der Waals surface area (Å²) < 4.78 is 0. The summed E-state index contributed by atoms with van der Waals surface area (Å²) in [5.41, 5.74) is 1.10. The Morgan fingerprint density at radius 2 is 2.44 bits per heavy atom. The molecule has 5 heteroatoms. The quantitative estimate of drug-likeness (QED) is 0.762. The van der Waals surface area contributed by atoms with Crippen molar-refractivity contribution in [3.05, 3.63) is 17.0 Å². The number of aromatic nitrogens is 2. The molecule has 0 radical (unpaired) electrons. The fourth-order valence-electron chi connectivity index (χ4n) is 1.89. The van der Waals surface area contributed by atoms with Crippen molar-refractivity contribution in [3.63, 3.8) is 0 Å². The van der Waals surface area contributed by atoms with Gasteiger partial charge in [0.25, 0.3) is 0 Å². The van der Waals surface area contributed by atoms with Crippen LogP contribution < -0.4 is 4.90 Å². The molecular formula is C11H16ClN3S. The van der Waals surface area contributed by atoms with Gasteiger partial charge >= 0.3 is 0 Å². The van der Waals surface area contributed by atoms with Crippen LogP contribution in [0.4, 0.5) is 5.82 Å². The number of thioether (sulfide) groups is 1. The minimum Gasteiger partial charge on any atom is -0.354 e. The summed E-state index contributed by atoms with van der Waals surface area (Å²) in [6.07, 6.45) is 3.01. The molecule has 0 spiro atoms. The van der Waals surface area contributed by atoms with Gasteiger partial charge in [-0.3, -0.25) is 0 Å². The summed E-state index contributed by atoms with van der Waals surface area (Å²) in [7, 11) is 0. The Kier molecular flexibility index (Phi) is 3.92. The molecule has 88 valence electrons. The zero-order chi connectivity index (χ0) is 11.5. The number of aryl methyl sites for hydroxylation is 1. The highest BCUT2D eigenvalue weighted by atomic mass is 35.5. The Morgan fingerprint density at radius 1 is 1.62 bits per heavy atom. The first-order valence-electron chi connectivity index (χ1n) is 5.56. The Hall–Kier alpha value is -0.480. The van der Waals surface area contributed by atoms with Gasteiger partial charge in [-0.1, -0.05) is 6.92 Å². The van der Waals surface area contributed by atoms with Gasteiger partial charge < -0.3 is 4.90 Å². The lowest BCUT2D eigenvalue weighted by molar-refractivity contribution is 0.716. The van der Waals surface area contributed by atoms with Gasteiger partial charge in [0.2, 0.25) is 5.28 Å². The topological polar surface area (TPSA) is 29.0 Å². The third-order valence-electron chi connectivity index (χ3n) is 2.81. The van der Waals surface area contributed by atoms with Crippen LogP contribution in [0.3, 0.4) is 0 Å². The molecule has 1 saturated heterocycles. The molecule has 16 heavy (non-hydrogen) atoms. The Labute approximate surface area is 106 Å². The van der Waals surface area contributed by atoms with Crippen molar-refractivity contribution in [1.29, 1.82) is 0 Å². The van der Waals surface area contributed by atoms with Gasteiger partial charge in [0, 0.05) is 35.9 Å². The van der Waals surface area contributed by atoms with Crippen molar-refractivity contribution < 1.29 is 0 Å². The molecule has 0 aromatic carbocycles. The summed E-state index contributed by atoms with van der Waals surface area (Å²) in [6, 6.07) is 0. The van der Waals surface area contributed by atoms with E-state index in [1.807, 2.05) is 6.92 Å². The highest BCUT2D eigenvalue weighted by Gasteiger charge is 2.21. The molecule has 0 aliphatic carbocycles. The third kappa shape index (κ3) is 2.61. The lowest BCUT2D eigenvalue weighted by Crippen LogP contribution is -2.38. The molecule has 0 saturated carbocycles. The first-order valence-corrected chi connectivity index (χ1v) is 6.99. The average Bonchev–Trinajstić information content (AvgIpc) is 2.32. The lowest BCUT2D eigenvalue weighted by Gasteiger charge is -2.33. The van der Waals surface area contributed by atoms with Crippen molar-refractivity contribution >= 4 is 29.2 Å². The maximum absolute atomic E-state index is 5.85. The van der Waals surface area contributed by atoms with Crippen molar-refractivity contribution in [1.82, 2.24) is 9.97 Å². The smallest absolute Gasteiger partial charge is 0.224 e. The van der Waals surface area contributed by atoms with Crippen LogP contribution in [0.5, 0.6) is 0 Å². The van der Waals surface area contributed by atoms with E-state index < -0.39 is 0 Å².